The third-order valence-corrected chi connectivity index (χ3v) is 1.98. The van der Waals surface area contributed by atoms with Gasteiger partial charge in [0.05, 0.1) is 0 Å². The van der Waals surface area contributed by atoms with Crippen LogP contribution in [0.5, 0.6) is 0 Å². The molecule has 0 rings (SSSR count). The summed E-state index contributed by atoms with van der Waals surface area (Å²) in [6.45, 7) is 9.38. The zero-order valence-corrected chi connectivity index (χ0v) is 8.75. The molecule has 0 spiro atoms. The van der Waals surface area contributed by atoms with Crippen LogP contribution in [0.25, 0.3) is 0 Å². The SMILES string of the molecule is C=CC(=C)CC/C=C(\C)CCC(=O)O. The summed E-state index contributed by atoms with van der Waals surface area (Å²) in [6, 6.07) is 0. The van der Waals surface area contributed by atoms with Crippen LogP contribution < -0.4 is 0 Å². The van der Waals surface area contributed by atoms with Gasteiger partial charge in [0.25, 0.3) is 0 Å². The van der Waals surface area contributed by atoms with E-state index in [4.69, 9.17) is 5.11 Å². The first-order valence-electron chi connectivity index (χ1n) is 4.74. The maximum atomic E-state index is 10.3. The van der Waals surface area contributed by atoms with Crippen LogP contribution in [0, 0.1) is 0 Å². The molecule has 0 heterocycles. The third-order valence-electron chi connectivity index (χ3n) is 1.98. The van der Waals surface area contributed by atoms with E-state index >= 15 is 0 Å². The van der Waals surface area contributed by atoms with Gasteiger partial charge in [-0.3, -0.25) is 4.79 Å². The predicted molar refractivity (Wildman–Crippen MR) is 59.2 cm³/mol. The quantitative estimate of drug-likeness (QED) is 0.498. The Hall–Kier alpha value is -1.31. The fourth-order valence-electron chi connectivity index (χ4n) is 1.01. The van der Waals surface area contributed by atoms with Crippen molar-refractivity contribution < 1.29 is 9.90 Å². The minimum absolute atomic E-state index is 0.213. The first kappa shape index (κ1) is 12.7. The van der Waals surface area contributed by atoms with Gasteiger partial charge in [-0.25, -0.2) is 0 Å². The Kier molecular flexibility index (Phi) is 6.46. The molecule has 2 heteroatoms. The Morgan fingerprint density at radius 2 is 2.00 bits per heavy atom. The van der Waals surface area contributed by atoms with Gasteiger partial charge in [0.15, 0.2) is 0 Å². The van der Waals surface area contributed by atoms with E-state index in [9.17, 15) is 4.79 Å². The van der Waals surface area contributed by atoms with Crippen LogP contribution in [-0.4, -0.2) is 11.1 Å². The molecule has 0 aliphatic carbocycles. The average molecular weight is 194 g/mol. The lowest BCUT2D eigenvalue weighted by molar-refractivity contribution is -0.136. The normalized spacial score (nSPS) is 11.1. The summed E-state index contributed by atoms with van der Waals surface area (Å²) in [5, 5.41) is 8.46. The lowest BCUT2D eigenvalue weighted by Gasteiger charge is -1.99. The summed E-state index contributed by atoms with van der Waals surface area (Å²) in [4.78, 5) is 10.3. The third kappa shape index (κ3) is 7.35. The second-order valence-electron chi connectivity index (χ2n) is 3.35. The Morgan fingerprint density at radius 3 is 2.50 bits per heavy atom. The smallest absolute Gasteiger partial charge is 0.303 e. The standard InChI is InChI=1S/C12H18O2/c1-4-10(2)6-5-7-11(3)8-9-12(13)14/h4,7H,1-2,5-6,8-9H2,3H3,(H,13,14)/b11-7+. The number of hydrogen-bond acceptors (Lipinski definition) is 1. The molecule has 78 valence electrons. The number of allylic oxidation sites excluding steroid dienone is 4. The minimum atomic E-state index is -0.742. The van der Waals surface area contributed by atoms with Crippen molar-refractivity contribution in [3.63, 3.8) is 0 Å². The summed E-state index contributed by atoms with van der Waals surface area (Å²) >= 11 is 0. The van der Waals surface area contributed by atoms with Crippen LogP contribution in [0.4, 0.5) is 0 Å². The van der Waals surface area contributed by atoms with E-state index in [2.05, 4.69) is 19.2 Å². The first-order valence-corrected chi connectivity index (χ1v) is 4.74. The van der Waals surface area contributed by atoms with Crippen LogP contribution in [0.1, 0.15) is 32.6 Å². The number of carboxylic acids is 1. The van der Waals surface area contributed by atoms with Gasteiger partial charge in [0, 0.05) is 6.42 Å². The Balaban J connectivity index is 3.71. The van der Waals surface area contributed by atoms with Crippen LogP contribution >= 0.6 is 0 Å². The minimum Gasteiger partial charge on any atom is -0.481 e. The van der Waals surface area contributed by atoms with Crippen molar-refractivity contribution in [2.45, 2.75) is 32.6 Å². The van der Waals surface area contributed by atoms with Crippen molar-refractivity contribution >= 4 is 5.97 Å². The maximum Gasteiger partial charge on any atom is 0.303 e. The molecule has 0 unspecified atom stereocenters. The molecule has 0 aromatic carbocycles. The van der Waals surface area contributed by atoms with E-state index in [1.54, 1.807) is 6.08 Å². The lowest BCUT2D eigenvalue weighted by atomic mass is 10.1. The highest BCUT2D eigenvalue weighted by Gasteiger charge is 1.97. The van der Waals surface area contributed by atoms with Crippen molar-refractivity contribution in [1.29, 1.82) is 0 Å². The van der Waals surface area contributed by atoms with E-state index in [1.807, 2.05) is 6.92 Å². The molecule has 0 saturated heterocycles. The summed E-state index contributed by atoms with van der Waals surface area (Å²) in [6.07, 6.45) is 6.48. The Morgan fingerprint density at radius 1 is 1.36 bits per heavy atom. The van der Waals surface area contributed by atoms with Gasteiger partial charge < -0.3 is 5.11 Å². The highest BCUT2D eigenvalue weighted by Crippen LogP contribution is 2.09. The summed E-state index contributed by atoms with van der Waals surface area (Å²) in [7, 11) is 0. The van der Waals surface area contributed by atoms with E-state index in [-0.39, 0.29) is 6.42 Å². The Bertz CT molecular complexity index is 249. The first-order chi connectivity index (χ1) is 6.56. The van der Waals surface area contributed by atoms with Gasteiger partial charge in [-0.2, -0.15) is 0 Å². The molecule has 0 saturated carbocycles. The second kappa shape index (κ2) is 7.13. The molecule has 0 aromatic rings. The fraction of sp³-hybridized carbons (Fsp3) is 0.417. The van der Waals surface area contributed by atoms with E-state index in [0.29, 0.717) is 6.42 Å². The summed E-state index contributed by atoms with van der Waals surface area (Å²) in [5.41, 5.74) is 2.15. The van der Waals surface area contributed by atoms with Crippen LogP contribution in [0.15, 0.2) is 36.5 Å². The topological polar surface area (TPSA) is 37.3 Å². The van der Waals surface area contributed by atoms with E-state index < -0.39 is 5.97 Å². The largest absolute Gasteiger partial charge is 0.481 e. The number of carbonyl (C=O) groups is 1. The highest BCUT2D eigenvalue weighted by atomic mass is 16.4. The average Bonchev–Trinajstić information content (AvgIpc) is 2.14. The van der Waals surface area contributed by atoms with Crippen molar-refractivity contribution in [2.24, 2.45) is 0 Å². The van der Waals surface area contributed by atoms with Crippen LogP contribution in [-0.2, 0) is 4.79 Å². The van der Waals surface area contributed by atoms with Gasteiger partial charge in [-0.15, -0.1) is 0 Å². The van der Waals surface area contributed by atoms with Crippen LogP contribution in [0.3, 0.4) is 0 Å². The van der Waals surface area contributed by atoms with Gasteiger partial charge in [0.2, 0.25) is 0 Å². The molecular formula is C12H18O2. The van der Waals surface area contributed by atoms with Crippen molar-refractivity contribution in [3.05, 3.63) is 36.5 Å². The maximum absolute atomic E-state index is 10.3. The number of carboxylic acid groups (broad SMARTS) is 1. The molecule has 0 amide bonds. The van der Waals surface area contributed by atoms with Crippen LogP contribution in [0.2, 0.25) is 0 Å². The molecule has 0 aliphatic rings. The molecule has 0 atom stereocenters. The zero-order valence-electron chi connectivity index (χ0n) is 8.75. The predicted octanol–water partition coefficient (Wildman–Crippen LogP) is 3.32. The summed E-state index contributed by atoms with van der Waals surface area (Å²) in [5.74, 6) is -0.742. The molecule has 14 heavy (non-hydrogen) atoms. The second-order valence-corrected chi connectivity index (χ2v) is 3.35. The number of hydrogen-bond donors (Lipinski definition) is 1. The monoisotopic (exact) mass is 194 g/mol. The molecular weight excluding hydrogens is 176 g/mol. The molecule has 0 fully saturated rings. The highest BCUT2D eigenvalue weighted by molar-refractivity contribution is 5.66. The number of rotatable bonds is 7. The molecule has 0 radical (unpaired) electrons. The number of aliphatic carboxylic acids is 1. The molecule has 0 aliphatic heterocycles. The van der Waals surface area contributed by atoms with Gasteiger partial charge >= 0.3 is 5.97 Å². The molecule has 0 aromatic heterocycles. The lowest BCUT2D eigenvalue weighted by Crippen LogP contribution is -1.94. The fourth-order valence-corrected chi connectivity index (χ4v) is 1.01. The van der Waals surface area contributed by atoms with Crippen molar-refractivity contribution in [2.75, 3.05) is 0 Å². The summed E-state index contributed by atoms with van der Waals surface area (Å²) < 4.78 is 0. The van der Waals surface area contributed by atoms with Gasteiger partial charge in [-0.1, -0.05) is 36.5 Å². The molecule has 2 nitrogen and oxygen atoms in total. The van der Waals surface area contributed by atoms with E-state index in [0.717, 1.165) is 24.0 Å². The van der Waals surface area contributed by atoms with Gasteiger partial charge in [0.1, 0.15) is 0 Å². The molecule has 1 N–H and O–H groups in total. The Labute approximate surface area is 85.6 Å². The van der Waals surface area contributed by atoms with Crippen molar-refractivity contribution in [3.8, 4) is 0 Å². The van der Waals surface area contributed by atoms with Gasteiger partial charge in [-0.05, 0) is 26.2 Å². The van der Waals surface area contributed by atoms with E-state index in [1.165, 1.54) is 0 Å². The van der Waals surface area contributed by atoms with Crippen molar-refractivity contribution in [1.82, 2.24) is 0 Å². The molecule has 0 bridgehead atoms. The zero-order chi connectivity index (χ0) is 11.0.